The molecule has 140 valence electrons. The van der Waals surface area contributed by atoms with Gasteiger partial charge in [0, 0.05) is 12.0 Å². The number of hydrogen-bond donors (Lipinski definition) is 2. The van der Waals surface area contributed by atoms with E-state index in [1.54, 1.807) is 24.3 Å². The molecule has 1 aromatic heterocycles. The number of alkyl halides is 2. The Balaban J connectivity index is 2.13. The van der Waals surface area contributed by atoms with Crippen molar-refractivity contribution in [1.82, 2.24) is 5.32 Å². The SMILES string of the molecule is COCC(C)(NC(=O)c1ccc(-c2ccc(OC(F)F)cc2)s1)C(=O)O. The summed E-state index contributed by atoms with van der Waals surface area (Å²) in [5, 5.41) is 11.7. The summed E-state index contributed by atoms with van der Waals surface area (Å²) in [6.07, 6.45) is 0. The number of methoxy groups -OCH3 is 1. The lowest BCUT2D eigenvalue weighted by molar-refractivity contribution is -0.145. The normalized spacial score (nSPS) is 13.3. The summed E-state index contributed by atoms with van der Waals surface area (Å²) in [5.74, 6) is -1.71. The minimum atomic E-state index is -2.89. The number of carbonyl (C=O) groups excluding carboxylic acids is 1. The zero-order chi connectivity index (χ0) is 19.3. The number of ether oxygens (including phenoxy) is 2. The fourth-order valence-electron chi connectivity index (χ4n) is 2.17. The number of halogens is 2. The van der Waals surface area contributed by atoms with Crippen LogP contribution in [0.4, 0.5) is 8.78 Å². The number of aliphatic carboxylic acids is 1. The van der Waals surface area contributed by atoms with E-state index in [-0.39, 0.29) is 12.4 Å². The van der Waals surface area contributed by atoms with Crippen molar-refractivity contribution in [2.24, 2.45) is 0 Å². The van der Waals surface area contributed by atoms with E-state index in [2.05, 4.69) is 10.1 Å². The van der Waals surface area contributed by atoms with Crippen LogP contribution in [0.5, 0.6) is 5.75 Å². The van der Waals surface area contributed by atoms with Gasteiger partial charge in [0.05, 0.1) is 11.5 Å². The number of carbonyl (C=O) groups is 2. The second-order valence-corrected chi connectivity index (χ2v) is 6.67. The predicted molar refractivity (Wildman–Crippen MR) is 91.8 cm³/mol. The van der Waals surface area contributed by atoms with Gasteiger partial charge in [0.25, 0.3) is 5.91 Å². The van der Waals surface area contributed by atoms with Gasteiger partial charge >= 0.3 is 12.6 Å². The van der Waals surface area contributed by atoms with E-state index < -0.39 is 24.0 Å². The third-order valence-electron chi connectivity index (χ3n) is 3.49. The van der Waals surface area contributed by atoms with Crippen LogP contribution in [-0.2, 0) is 9.53 Å². The maximum Gasteiger partial charge on any atom is 0.387 e. The van der Waals surface area contributed by atoms with Crippen LogP contribution in [0.2, 0.25) is 0 Å². The first-order valence-corrected chi connectivity index (χ1v) is 8.27. The number of nitrogens with one attached hydrogen (secondary N) is 1. The maximum atomic E-state index is 12.3. The van der Waals surface area contributed by atoms with Crippen LogP contribution in [-0.4, -0.2) is 42.9 Å². The molecule has 2 N–H and O–H groups in total. The monoisotopic (exact) mass is 385 g/mol. The van der Waals surface area contributed by atoms with Crippen molar-refractivity contribution in [1.29, 1.82) is 0 Å². The Kier molecular flexibility index (Phi) is 6.27. The lowest BCUT2D eigenvalue weighted by Gasteiger charge is -2.24. The maximum absolute atomic E-state index is 12.3. The van der Waals surface area contributed by atoms with E-state index in [4.69, 9.17) is 4.74 Å². The molecule has 0 bridgehead atoms. The topological polar surface area (TPSA) is 84.9 Å². The third kappa shape index (κ3) is 4.77. The van der Waals surface area contributed by atoms with Crippen LogP contribution < -0.4 is 10.1 Å². The van der Waals surface area contributed by atoms with Gasteiger partial charge in [0.15, 0.2) is 5.54 Å². The first-order chi connectivity index (χ1) is 12.2. The van der Waals surface area contributed by atoms with Crippen LogP contribution in [0.3, 0.4) is 0 Å². The van der Waals surface area contributed by atoms with Crippen LogP contribution in [0.25, 0.3) is 10.4 Å². The summed E-state index contributed by atoms with van der Waals surface area (Å²) in [6, 6.07) is 9.25. The smallest absolute Gasteiger partial charge is 0.387 e. The summed E-state index contributed by atoms with van der Waals surface area (Å²) >= 11 is 1.15. The van der Waals surface area contributed by atoms with Gasteiger partial charge in [-0.2, -0.15) is 8.78 Å². The number of rotatable bonds is 8. The third-order valence-corrected chi connectivity index (χ3v) is 4.62. The highest BCUT2D eigenvalue weighted by Crippen LogP contribution is 2.30. The fourth-order valence-corrected chi connectivity index (χ4v) is 3.07. The van der Waals surface area contributed by atoms with E-state index in [9.17, 15) is 23.5 Å². The Hall–Kier alpha value is -2.52. The van der Waals surface area contributed by atoms with Crippen LogP contribution in [0, 0.1) is 0 Å². The van der Waals surface area contributed by atoms with E-state index >= 15 is 0 Å². The number of hydrogen-bond acceptors (Lipinski definition) is 5. The van der Waals surface area contributed by atoms with Crippen molar-refractivity contribution in [3.05, 3.63) is 41.3 Å². The lowest BCUT2D eigenvalue weighted by atomic mass is 10.0. The van der Waals surface area contributed by atoms with Crippen molar-refractivity contribution in [2.75, 3.05) is 13.7 Å². The molecule has 0 saturated carbocycles. The molecular formula is C17H17F2NO5S. The van der Waals surface area contributed by atoms with E-state index in [1.165, 1.54) is 26.2 Å². The van der Waals surface area contributed by atoms with E-state index in [0.717, 1.165) is 16.2 Å². The highest BCUT2D eigenvalue weighted by molar-refractivity contribution is 7.17. The van der Waals surface area contributed by atoms with Crippen molar-refractivity contribution < 1.29 is 33.0 Å². The summed E-state index contributed by atoms with van der Waals surface area (Å²) in [7, 11) is 1.35. The van der Waals surface area contributed by atoms with Crippen molar-refractivity contribution >= 4 is 23.2 Å². The molecule has 1 atom stereocenters. The molecule has 1 heterocycles. The molecule has 0 aliphatic heterocycles. The molecule has 2 rings (SSSR count). The Morgan fingerprint density at radius 3 is 2.42 bits per heavy atom. The lowest BCUT2D eigenvalue weighted by Crippen LogP contribution is -2.55. The van der Waals surface area contributed by atoms with Gasteiger partial charge in [0.2, 0.25) is 0 Å². The van der Waals surface area contributed by atoms with Gasteiger partial charge in [-0.15, -0.1) is 11.3 Å². The molecule has 1 amide bonds. The average molecular weight is 385 g/mol. The molecule has 9 heteroatoms. The van der Waals surface area contributed by atoms with Gasteiger partial charge in [-0.1, -0.05) is 0 Å². The minimum Gasteiger partial charge on any atom is -0.479 e. The Morgan fingerprint density at radius 1 is 1.23 bits per heavy atom. The van der Waals surface area contributed by atoms with Gasteiger partial charge in [-0.05, 0) is 48.9 Å². The zero-order valence-corrected chi connectivity index (χ0v) is 14.8. The molecule has 2 aromatic rings. The number of thiophene rings is 1. The largest absolute Gasteiger partial charge is 0.479 e. The molecule has 1 unspecified atom stereocenters. The highest BCUT2D eigenvalue weighted by Gasteiger charge is 2.35. The summed E-state index contributed by atoms with van der Waals surface area (Å²) < 4.78 is 33.5. The van der Waals surface area contributed by atoms with Gasteiger partial charge < -0.3 is 19.9 Å². The number of benzene rings is 1. The first-order valence-electron chi connectivity index (χ1n) is 7.45. The zero-order valence-electron chi connectivity index (χ0n) is 14.0. The molecule has 0 radical (unpaired) electrons. The molecule has 26 heavy (non-hydrogen) atoms. The molecule has 0 aliphatic rings. The first kappa shape index (κ1) is 19.8. The Morgan fingerprint density at radius 2 is 1.88 bits per heavy atom. The molecule has 6 nitrogen and oxygen atoms in total. The number of carboxylic acid groups (broad SMARTS) is 1. The summed E-state index contributed by atoms with van der Waals surface area (Å²) in [5.41, 5.74) is -0.835. The fraction of sp³-hybridized carbons (Fsp3) is 0.294. The quantitative estimate of drug-likeness (QED) is 0.729. The van der Waals surface area contributed by atoms with Gasteiger partial charge in [-0.3, -0.25) is 4.79 Å². The van der Waals surface area contributed by atoms with Gasteiger partial charge in [-0.25, -0.2) is 4.79 Å². The van der Waals surface area contributed by atoms with E-state index in [1.807, 2.05) is 0 Å². The molecule has 0 aliphatic carbocycles. The van der Waals surface area contributed by atoms with Crippen LogP contribution in [0.1, 0.15) is 16.6 Å². The molecule has 0 spiro atoms. The molecule has 0 saturated heterocycles. The van der Waals surface area contributed by atoms with Crippen molar-refractivity contribution in [2.45, 2.75) is 19.1 Å². The van der Waals surface area contributed by atoms with Crippen LogP contribution in [0.15, 0.2) is 36.4 Å². The minimum absolute atomic E-state index is 0.0371. The molecular weight excluding hydrogens is 368 g/mol. The Bertz CT molecular complexity index is 778. The Labute approximate surface area is 152 Å². The number of amides is 1. The number of carboxylic acids is 1. The highest BCUT2D eigenvalue weighted by atomic mass is 32.1. The standard InChI is InChI=1S/C17H17F2NO5S/c1-17(9-24-2,15(22)23)20-14(21)13-8-7-12(26-13)10-3-5-11(6-4-10)25-16(18)19/h3-8,16H,9H2,1-2H3,(H,20,21)(H,22,23). The average Bonchev–Trinajstić information content (AvgIpc) is 3.05. The summed E-state index contributed by atoms with van der Waals surface area (Å²) in [6.45, 7) is -1.72. The van der Waals surface area contributed by atoms with Crippen molar-refractivity contribution in [3.8, 4) is 16.2 Å². The van der Waals surface area contributed by atoms with Crippen LogP contribution >= 0.6 is 11.3 Å². The predicted octanol–water partition coefficient (Wildman–Crippen LogP) is 3.24. The molecule has 0 fully saturated rings. The molecule has 1 aromatic carbocycles. The van der Waals surface area contributed by atoms with Gasteiger partial charge in [0.1, 0.15) is 5.75 Å². The van der Waals surface area contributed by atoms with E-state index in [0.29, 0.717) is 10.4 Å². The van der Waals surface area contributed by atoms with Crippen molar-refractivity contribution in [3.63, 3.8) is 0 Å². The second-order valence-electron chi connectivity index (χ2n) is 5.59. The second kappa shape index (κ2) is 8.24. The summed E-state index contributed by atoms with van der Waals surface area (Å²) in [4.78, 5) is 24.7.